The Morgan fingerprint density at radius 1 is 1.20 bits per heavy atom. The van der Waals surface area contributed by atoms with Crippen molar-refractivity contribution in [1.29, 1.82) is 0 Å². The van der Waals surface area contributed by atoms with Crippen molar-refractivity contribution in [2.75, 3.05) is 20.6 Å². The molecule has 0 fully saturated rings. The van der Waals surface area contributed by atoms with Gasteiger partial charge >= 0.3 is 0 Å². The number of hydrogen-bond acceptors (Lipinski definition) is 2. The van der Waals surface area contributed by atoms with Crippen molar-refractivity contribution in [3.63, 3.8) is 0 Å². The summed E-state index contributed by atoms with van der Waals surface area (Å²) in [6.07, 6.45) is 1.12. The van der Waals surface area contributed by atoms with E-state index in [1.54, 1.807) is 0 Å². The molecule has 0 aliphatic carbocycles. The van der Waals surface area contributed by atoms with Crippen LogP contribution < -0.4 is 5.73 Å². The molecule has 1 rings (SSSR count). The van der Waals surface area contributed by atoms with E-state index < -0.39 is 0 Å². The summed E-state index contributed by atoms with van der Waals surface area (Å²) in [5, 5.41) is 0. The lowest BCUT2D eigenvalue weighted by atomic mass is 9.93. The molecule has 1 aromatic carbocycles. The van der Waals surface area contributed by atoms with E-state index in [2.05, 4.69) is 56.3 Å². The summed E-state index contributed by atoms with van der Waals surface area (Å²) in [5.41, 5.74) is 7.16. The van der Waals surface area contributed by atoms with Gasteiger partial charge in [0, 0.05) is 12.6 Å². The average Bonchev–Trinajstić information content (AvgIpc) is 2.26. The molecule has 0 amide bonds. The third-order valence-electron chi connectivity index (χ3n) is 3.00. The molecule has 2 unspecified atom stereocenters. The maximum absolute atomic E-state index is 5.76. The highest BCUT2D eigenvalue weighted by Gasteiger charge is 2.14. The third kappa shape index (κ3) is 3.65. The maximum atomic E-state index is 5.76. The van der Waals surface area contributed by atoms with E-state index in [1.165, 1.54) is 5.56 Å². The van der Waals surface area contributed by atoms with Crippen molar-refractivity contribution in [2.24, 2.45) is 5.73 Å². The van der Waals surface area contributed by atoms with E-state index in [-0.39, 0.29) is 0 Å². The Hall–Kier alpha value is -0.860. The molecule has 2 atom stereocenters. The first-order valence-corrected chi connectivity index (χ1v) is 5.56. The number of nitrogens with zero attached hydrogens (tertiary/aromatic N) is 1. The van der Waals surface area contributed by atoms with Crippen LogP contribution in [0.1, 0.15) is 24.8 Å². The second kappa shape index (κ2) is 5.89. The van der Waals surface area contributed by atoms with Crippen LogP contribution in [0.2, 0.25) is 0 Å². The fourth-order valence-electron chi connectivity index (χ4n) is 1.84. The summed E-state index contributed by atoms with van der Waals surface area (Å²) in [6, 6.07) is 11.1. The molecule has 15 heavy (non-hydrogen) atoms. The van der Waals surface area contributed by atoms with Gasteiger partial charge < -0.3 is 10.6 Å². The average molecular weight is 206 g/mol. The van der Waals surface area contributed by atoms with Crippen LogP contribution in [0.25, 0.3) is 0 Å². The summed E-state index contributed by atoms with van der Waals surface area (Å²) in [4.78, 5) is 2.21. The smallest absolute Gasteiger partial charge is 0.0218 e. The highest BCUT2D eigenvalue weighted by Crippen LogP contribution is 2.21. The molecule has 2 heteroatoms. The van der Waals surface area contributed by atoms with Crippen molar-refractivity contribution in [1.82, 2.24) is 4.90 Å². The normalized spacial score (nSPS) is 15.3. The number of hydrogen-bond donors (Lipinski definition) is 1. The van der Waals surface area contributed by atoms with Gasteiger partial charge in [0.25, 0.3) is 0 Å². The standard InChI is InChI=1S/C13H22N2/c1-11(9-13(10-14)15(2)3)12-7-5-4-6-8-12/h4-8,11,13H,9-10,14H2,1-3H3. The van der Waals surface area contributed by atoms with Gasteiger partial charge in [-0.2, -0.15) is 0 Å². The summed E-state index contributed by atoms with van der Waals surface area (Å²) in [5.74, 6) is 0.571. The molecule has 0 aromatic heterocycles. The third-order valence-corrected chi connectivity index (χ3v) is 3.00. The molecule has 1 aromatic rings. The zero-order valence-corrected chi connectivity index (χ0v) is 9.98. The topological polar surface area (TPSA) is 29.3 Å². The van der Waals surface area contributed by atoms with E-state index in [1.807, 2.05) is 0 Å². The van der Waals surface area contributed by atoms with Gasteiger partial charge in [0.1, 0.15) is 0 Å². The van der Waals surface area contributed by atoms with Gasteiger partial charge in [0.05, 0.1) is 0 Å². The molecule has 2 nitrogen and oxygen atoms in total. The Labute approximate surface area is 93.1 Å². The molecule has 0 spiro atoms. The summed E-state index contributed by atoms with van der Waals surface area (Å²) in [7, 11) is 4.18. The summed E-state index contributed by atoms with van der Waals surface area (Å²) < 4.78 is 0. The Balaban J connectivity index is 2.58. The quantitative estimate of drug-likeness (QED) is 0.799. The zero-order valence-electron chi connectivity index (χ0n) is 9.98. The predicted molar refractivity (Wildman–Crippen MR) is 66.0 cm³/mol. The number of nitrogens with two attached hydrogens (primary N) is 1. The molecule has 0 saturated heterocycles. The Morgan fingerprint density at radius 3 is 2.27 bits per heavy atom. The van der Waals surface area contributed by atoms with Gasteiger partial charge in [-0.05, 0) is 32.0 Å². The van der Waals surface area contributed by atoms with Crippen LogP contribution in [-0.4, -0.2) is 31.6 Å². The van der Waals surface area contributed by atoms with E-state index in [9.17, 15) is 0 Å². The van der Waals surface area contributed by atoms with Gasteiger partial charge in [0.2, 0.25) is 0 Å². The van der Waals surface area contributed by atoms with Gasteiger partial charge in [0.15, 0.2) is 0 Å². The lowest BCUT2D eigenvalue weighted by Gasteiger charge is -2.25. The second-order valence-corrected chi connectivity index (χ2v) is 4.40. The highest BCUT2D eigenvalue weighted by atomic mass is 15.1. The van der Waals surface area contributed by atoms with Crippen molar-refractivity contribution in [3.05, 3.63) is 35.9 Å². The van der Waals surface area contributed by atoms with Crippen LogP contribution in [0.3, 0.4) is 0 Å². The molecule has 0 aliphatic rings. The van der Waals surface area contributed by atoms with Crippen LogP contribution in [0.15, 0.2) is 30.3 Å². The minimum Gasteiger partial charge on any atom is -0.329 e. The molecule has 84 valence electrons. The van der Waals surface area contributed by atoms with Crippen LogP contribution >= 0.6 is 0 Å². The SMILES string of the molecule is CC(CC(CN)N(C)C)c1ccccc1. The van der Waals surface area contributed by atoms with Gasteiger partial charge in [-0.25, -0.2) is 0 Å². The summed E-state index contributed by atoms with van der Waals surface area (Å²) in [6.45, 7) is 2.99. The first kappa shape index (κ1) is 12.2. The van der Waals surface area contributed by atoms with Gasteiger partial charge in [-0.15, -0.1) is 0 Å². The number of likely N-dealkylation sites (N-methyl/N-ethyl adjacent to an activating group) is 1. The fraction of sp³-hybridized carbons (Fsp3) is 0.538. The molecular weight excluding hydrogens is 184 g/mol. The maximum Gasteiger partial charge on any atom is 0.0218 e. The first-order chi connectivity index (χ1) is 7.15. The van der Waals surface area contributed by atoms with Crippen molar-refractivity contribution in [2.45, 2.75) is 25.3 Å². The van der Waals surface area contributed by atoms with Crippen molar-refractivity contribution in [3.8, 4) is 0 Å². The van der Waals surface area contributed by atoms with Crippen molar-refractivity contribution >= 4 is 0 Å². The van der Waals surface area contributed by atoms with Crippen LogP contribution in [0.4, 0.5) is 0 Å². The molecule has 0 heterocycles. The predicted octanol–water partition coefficient (Wildman–Crippen LogP) is 2.07. The minimum atomic E-state index is 0.472. The molecular formula is C13H22N2. The van der Waals surface area contributed by atoms with Gasteiger partial charge in [-0.3, -0.25) is 0 Å². The summed E-state index contributed by atoms with van der Waals surface area (Å²) >= 11 is 0. The molecule has 0 aliphatic heterocycles. The number of rotatable bonds is 5. The zero-order chi connectivity index (χ0) is 11.3. The second-order valence-electron chi connectivity index (χ2n) is 4.40. The van der Waals surface area contributed by atoms with E-state index in [0.717, 1.165) is 13.0 Å². The largest absolute Gasteiger partial charge is 0.329 e. The Bertz CT molecular complexity index is 269. The lowest BCUT2D eigenvalue weighted by Crippen LogP contribution is -2.36. The first-order valence-electron chi connectivity index (χ1n) is 5.56. The molecule has 0 radical (unpaired) electrons. The van der Waals surface area contributed by atoms with Crippen LogP contribution in [0, 0.1) is 0 Å². The Kier molecular flexibility index (Phi) is 4.79. The lowest BCUT2D eigenvalue weighted by molar-refractivity contribution is 0.273. The molecule has 0 bridgehead atoms. The monoisotopic (exact) mass is 206 g/mol. The number of benzene rings is 1. The van der Waals surface area contributed by atoms with Gasteiger partial charge in [-0.1, -0.05) is 37.3 Å². The molecule has 2 N–H and O–H groups in total. The van der Waals surface area contributed by atoms with E-state index in [0.29, 0.717) is 12.0 Å². The fourth-order valence-corrected chi connectivity index (χ4v) is 1.84. The van der Waals surface area contributed by atoms with Crippen LogP contribution in [0.5, 0.6) is 0 Å². The Morgan fingerprint density at radius 2 is 1.80 bits per heavy atom. The van der Waals surface area contributed by atoms with Crippen LogP contribution in [-0.2, 0) is 0 Å². The highest BCUT2D eigenvalue weighted by molar-refractivity contribution is 5.18. The molecule has 0 saturated carbocycles. The minimum absolute atomic E-state index is 0.472. The van der Waals surface area contributed by atoms with Crippen molar-refractivity contribution < 1.29 is 0 Å². The van der Waals surface area contributed by atoms with E-state index in [4.69, 9.17) is 5.73 Å². The van der Waals surface area contributed by atoms with E-state index >= 15 is 0 Å².